The highest BCUT2D eigenvalue weighted by Gasteiger charge is 2.18. The van der Waals surface area contributed by atoms with Crippen LogP contribution in [0.5, 0.6) is 0 Å². The van der Waals surface area contributed by atoms with Gasteiger partial charge in [-0.2, -0.15) is 0 Å². The summed E-state index contributed by atoms with van der Waals surface area (Å²) in [6, 6.07) is 6.72. The van der Waals surface area contributed by atoms with Crippen LogP contribution in [0.1, 0.15) is 10.4 Å². The van der Waals surface area contributed by atoms with E-state index >= 15 is 0 Å². The van der Waals surface area contributed by atoms with Crippen LogP contribution in [0.3, 0.4) is 0 Å². The molecule has 0 spiro atoms. The Balaban J connectivity index is 2.04. The third-order valence-electron chi connectivity index (χ3n) is 3.84. The van der Waals surface area contributed by atoms with E-state index in [1.807, 2.05) is 13.0 Å². The molecule has 0 unspecified atom stereocenters. The molecule has 0 aliphatic heterocycles. The smallest absolute Gasteiger partial charge is 0.242 e. The molecule has 0 atom stereocenters. The van der Waals surface area contributed by atoms with E-state index in [4.69, 9.17) is 0 Å². The summed E-state index contributed by atoms with van der Waals surface area (Å²) in [6.45, 7) is 4.09. The molecule has 1 aromatic carbocycles. The number of thiophene rings is 1. The van der Waals surface area contributed by atoms with Crippen molar-refractivity contribution in [1.82, 2.24) is 14.3 Å². The quantitative estimate of drug-likeness (QED) is 0.771. The van der Waals surface area contributed by atoms with Crippen molar-refractivity contribution in [2.24, 2.45) is 0 Å². The number of anilines is 2. The molecule has 126 valence electrons. The van der Waals surface area contributed by atoms with E-state index in [9.17, 15) is 8.42 Å². The molecule has 0 saturated carbocycles. The first kappa shape index (κ1) is 16.8. The molecule has 0 aliphatic carbocycles. The van der Waals surface area contributed by atoms with Crippen LogP contribution in [-0.4, -0.2) is 36.8 Å². The van der Waals surface area contributed by atoms with Crippen molar-refractivity contribution >= 4 is 43.1 Å². The summed E-state index contributed by atoms with van der Waals surface area (Å²) in [5, 5.41) is 4.20. The predicted molar refractivity (Wildman–Crippen MR) is 97.5 cm³/mol. The van der Waals surface area contributed by atoms with Crippen molar-refractivity contribution in [1.29, 1.82) is 0 Å². The van der Waals surface area contributed by atoms with Crippen molar-refractivity contribution in [3.63, 3.8) is 0 Å². The molecule has 0 bridgehead atoms. The Hall–Kier alpha value is -2.03. The van der Waals surface area contributed by atoms with Crippen LogP contribution < -0.4 is 5.32 Å². The van der Waals surface area contributed by atoms with Gasteiger partial charge in [0.05, 0.1) is 10.3 Å². The highest BCUT2D eigenvalue weighted by Crippen LogP contribution is 2.34. The Morgan fingerprint density at radius 2 is 1.92 bits per heavy atom. The van der Waals surface area contributed by atoms with Crippen LogP contribution in [0.2, 0.25) is 0 Å². The highest BCUT2D eigenvalue weighted by atomic mass is 32.2. The topological polar surface area (TPSA) is 75.2 Å². The van der Waals surface area contributed by atoms with E-state index in [1.165, 1.54) is 29.6 Å². The molecule has 24 heavy (non-hydrogen) atoms. The number of hydrogen-bond acceptors (Lipinski definition) is 6. The maximum Gasteiger partial charge on any atom is 0.242 e. The van der Waals surface area contributed by atoms with Crippen molar-refractivity contribution in [2.75, 3.05) is 19.4 Å². The number of nitrogens with one attached hydrogen (secondary N) is 1. The van der Waals surface area contributed by atoms with Gasteiger partial charge in [0.2, 0.25) is 10.0 Å². The van der Waals surface area contributed by atoms with E-state index in [0.29, 0.717) is 11.5 Å². The zero-order valence-corrected chi connectivity index (χ0v) is 15.5. The molecule has 0 fully saturated rings. The summed E-state index contributed by atoms with van der Waals surface area (Å²) in [6.07, 6.45) is 1.51. The number of hydrogen-bond donors (Lipinski definition) is 1. The number of aryl methyl sites for hydroxylation is 2. The van der Waals surface area contributed by atoms with Gasteiger partial charge < -0.3 is 5.32 Å². The maximum atomic E-state index is 12.3. The molecule has 0 radical (unpaired) electrons. The molecular formula is C16H18N4O2S2. The second-order valence-corrected chi connectivity index (χ2v) is 8.98. The Labute approximate surface area is 145 Å². The zero-order chi connectivity index (χ0) is 17.5. The first-order chi connectivity index (χ1) is 11.3. The minimum Gasteiger partial charge on any atom is -0.340 e. The third-order valence-corrected chi connectivity index (χ3v) is 6.77. The summed E-state index contributed by atoms with van der Waals surface area (Å²) in [5.74, 6) is 0.682. The van der Waals surface area contributed by atoms with Crippen molar-refractivity contribution < 1.29 is 8.42 Å². The molecule has 3 rings (SSSR count). The first-order valence-electron chi connectivity index (χ1n) is 7.31. The molecule has 2 heterocycles. The van der Waals surface area contributed by atoms with Crippen LogP contribution in [0.15, 0.2) is 35.5 Å². The molecule has 6 nitrogen and oxygen atoms in total. The fourth-order valence-corrected chi connectivity index (χ4v) is 4.30. The molecule has 0 saturated heterocycles. The summed E-state index contributed by atoms with van der Waals surface area (Å²) in [5.41, 5.74) is 1.80. The molecule has 0 aliphatic rings. The number of fused-ring (bicyclic) bond motifs is 1. The second-order valence-electron chi connectivity index (χ2n) is 5.63. The fraction of sp³-hybridized carbons (Fsp3) is 0.250. The average molecular weight is 362 g/mol. The summed E-state index contributed by atoms with van der Waals surface area (Å²) in [4.78, 5) is 11.0. The highest BCUT2D eigenvalue weighted by molar-refractivity contribution is 7.89. The van der Waals surface area contributed by atoms with Gasteiger partial charge in [0.1, 0.15) is 17.0 Å². The minimum atomic E-state index is -3.48. The van der Waals surface area contributed by atoms with Crippen LogP contribution >= 0.6 is 11.3 Å². The second kappa shape index (κ2) is 6.12. The van der Waals surface area contributed by atoms with Gasteiger partial charge in [-0.25, -0.2) is 22.7 Å². The lowest BCUT2D eigenvalue weighted by molar-refractivity contribution is 0.521. The van der Waals surface area contributed by atoms with Crippen LogP contribution in [0.25, 0.3) is 10.2 Å². The zero-order valence-electron chi connectivity index (χ0n) is 13.9. The van der Waals surface area contributed by atoms with Gasteiger partial charge in [-0.3, -0.25) is 0 Å². The van der Waals surface area contributed by atoms with Gasteiger partial charge in [-0.05, 0) is 37.6 Å². The van der Waals surface area contributed by atoms with Crippen molar-refractivity contribution in [3.05, 3.63) is 41.0 Å². The maximum absolute atomic E-state index is 12.3. The summed E-state index contributed by atoms with van der Waals surface area (Å²) < 4.78 is 25.8. The largest absolute Gasteiger partial charge is 0.340 e. The molecule has 3 aromatic rings. The number of benzene rings is 1. The fourth-order valence-electron chi connectivity index (χ4n) is 2.36. The van der Waals surface area contributed by atoms with Crippen molar-refractivity contribution in [2.45, 2.75) is 18.7 Å². The van der Waals surface area contributed by atoms with Gasteiger partial charge in [0, 0.05) is 24.7 Å². The van der Waals surface area contributed by atoms with Crippen LogP contribution in [0.4, 0.5) is 11.5 Å². The summed E-state index contributed by atoms with van der Waals surface area (Å²) in [7, 11) is -0.446. The number of aromatic nitrogens is 2. The lowest BCUT2D eigenvalue weighted by atomic mass is 10.2. The van der Waals surface area contributed by atoms with Crippen LogP contribution in [0, 0.1) is 13.8 Å². The van der Waals surface area contributed by atoms with E-state index in [1.54, 1.807) is 29.5 Å². The summed E-state index contributed by atoms with van der Waals surface area (Å²) >= 11 is 1.62. The minimum absolute atomic E-state index is 0.237. The van der Waals surface area contributed by atoms with Gasteiger partial charge in [0.15, 0.2) is 0 Å². The average Bonchev–Trinajstić information content (AvgIpc) is 2.83. The molecular weight excluding hydrogens is 344 g/mol. The van der Waals surface area contributed by atoms with E-state index < -0.39 is 10.0 Å². The standard InChI is InChI=1S/C16H18N4O2S2/c1-10-11(2)23-16-14(10)15(17-9-18-16)19-12-6-5-7-13(8-12)24(21,22)20(3)4/h5-9H,1-4H3,(H,17,18,19). The molecule has 8 heteroatoms. The van der Waals surface area contributed by atoms with E-state index in [-0.39, 0.29) is 4.90 Å². The Kier molecular flexibility index (Phi) is 4.29. The SMILES string of the molecule is Cc1sc2ncnc(Nc3cccc(S(=O)(=O)N(C)C)c3)c2c1C. The molecule has 1 N–H and O–H groups in total. The number of rotatable bonds is 4. The monoisotopic (exact) mass is 362 g/mol. The predicted octanol–water partition coefficient (Wildman–Crippen LogP) is 3.30. The van der Waals surface area contributed by atoms with Gasteiger partial charge in [-0.1, -0.05) is 6.07 Å². The Morgan fingerprint density at radius 1 is 1.17 bits per heavy atom. The molecule has 0 amide bonds. The van der Waals surface area contributed by atoms with Crippen molar-refractivity contribution in [3.8, 4) is 0 Å². The van der Waals surface area contributed by atoms with Gasteiger partial charge >= 0.3 is 0 Å². The third kappa shape index (κ3) is 2.88. The van der Waals surface area contributed by atoms with E-state index in [0.717, 1.165) is 15.8 Å². The lowest BCUT2D eigenvalue weighted by Crippen LogP contribution is -2.22. The van der Waals surface area contributed by atoms with E-state index in [2.05, 4.69) is 22.2 Å². The number of sulfonamides is 1. The van der Waals surface area contributed by atoms with Gasteiger partial charge in [0.25, 0.3) is 0 Å². The number of nitrogens with zero attached hydrogens (tertiary/aromatic N) is 3. The Morgan fingerprint density at radius 3 is 2.62 bits per heavy atom. The Bertz CT molecular complexity index is 1010. The first-order valence-corrected chi connectivity index (χ1v) is 9.56. The van der Waals surface area contributed by atoms with Gasteiger partial charge in [-0.15, -0.1) is 11.3 Å². The normalized spacial score (nSPS) is 12.0. The molecule has 2 aromatic heterocycles. The lowest BCUT2D eigenvalue weighted by Gasteiger charge is -2.13. The van der Waals surface area contributed by atoms with Crippen LogP contribution in [-0.2, 0) is 10.0 Å².